The van der Waals surface area contributed by atoms with E-state index in [4.69, 9.17) is 24.1 Å². The van der Waals surface area contributed by atoms with Crippen molar-refractivity contribution < 1.29 is 18.9 Å². The molecule has 0 radical (unpaired) electrons. The number of nitriles is 1. The van der Waals surface area contributed by atoms with Crippen molar-refractivity contribution >= 4 is 12.4 Å². The topological polar surface area (TPSA) is 60.7 Å². The average Bonchev–Trinajstić information content (AvgIpc) is 3.60. The maximum absolute atomic E-state index is 8.95. The van der Waals surface area contributed by atoms with Crippen LogP contribution in [-0.2, 0) is 20.7 Å². The lowest BCUT2D eigenvalue weighted by atomic mass is 9.55. The summed E-state index contributed by atoms with van der Waals surface area (Å²) in [6, 6.07) is 15.3. The van der Waals surface area contributed by atoms with Crippen molar-refractivity contribution in [1.29, 1.82) is 5.26 Å². The number of benzene rings is 2. The highest BCUT2D eigenvalue weighted by Crippen LogP contribution is 2.39. The van der Waals surface area contributed by atoms with Crippen LogP contribution in [0.5, 0.6) is 11.5 Å². The molecule has 1 saturated carbocycles. The minimum atomic E-state index is -0.137. The minimum Gasteiger partial charge on any atom is -0.457 e. The first-order valence-electron chi connectivity index (χ1n) is 10.3. The Labute approximate surface area is 172 Å². The summed E-state index contributed by atoms with van der Waals surface area (Å²) >= 11 is 0. The summed E-state index contributed by atoms with van der Waals surface area (Å²) in [4.78, 5) is 0. The van der Waals surface area contributed by atoms with E-state index in [1.54, 1.807) is 31.4 Å². The quantitative estimate of drug-likeness (QED) is 0.624. The largest absolute Gasteiger partial charge is 0.457 e. The summed E-state index contributed by atoms with van der Waals surface area (Å²) < 4.78 is 23.6. The zero-order valence-electron chi connectivity index (χ0n) is 16.8. The molecule has 2 fully saturated rings. The number of nitrogens with zero attached hydrogens (tertiary/aromatic N) is 1. The lowest BCUT2D eigenvalue weighted by molar-refractivity contribution is -0.168. The number of ether oxygens (including phenoxy) is 3. The lowest BCUT2D eigenvalue weighted by Gasteiger charge is -2.24. The lowest BCUT2D eigenvalue weighted by Crippen LogP contribution is -2.36. The summed E-state index contributed by atoms with van der Waals surface area (Å²) in [5.74, 6) is 2.02. The van der Waals surface area contributed by atoms with Crippen molar-refractivity contribution in [2.45, 2.75) is 50.8 Å². The van der Waals surface area contributed by atoms with Crippen LogP contribution in [0, 0.1) is 11.3 Å². The van der Waals surface area contributed by atoms with Gasteiger partial charge < -0.3 is 18.9 Å². The Kier molecular flexibility index (Phi) is 6.51. The monoisotopic (exact) mass is 391 g/mol. The van der Waals surface area contributed by atoms with Gasteiger partial charge in [0.15, 0.2) is 6.29 Å². The van der Waals surface area contributed by atoms with E-state index in [1.165, 1.54) is 12.8 Å². The van der Waals surface area contributed by atoms with Crippen molar-refractivity contribution in [3.63, 3.8) is 0 Å². The molecule has 1 heterocycles. The zero-order valence-corrected chi connectivity index (χ0v) is 16.8. The predicted molar refractivity (Wildman–Crippen MR) is 111 cm³/mol. The van der Waals surface area contributed by atoms with Crippen molar-refractivity contribution in [2.75, 3.05) is 13.7 Å². The molecule has 0 unspecified atom stereocenters. The van der Waals surface area contributed by atoms with E-state index < -0.39 is 0 Å². The smallest absolute Gasteiger partial charge is 0.329 e. The maximum Gasteiger partial charge on any atom is 0.329 e. The van der Waals surface area contributed by atoms with Crippen LogP contribution >= 0.6 is 0 Å². The van der Waals surface area contributed by atoms with Gasteiger partial charge in [-0.25, -0.2) is 0 Å². The molecular formula is C23H26BNO4. The second-order valence-corrected chi connectivity index (χ2v) is 7.70. The van der Waals surface area contributed by atoms with Crippen LogP contribution in [0.1, 0.15) is 43.2 Å². The van der Waals surface area contributed by atoms with Gasteiger partial charge in [0, 0.05) is 13.7 Å². The summed E-state index contributed by atoms with van der Waals surface area (Å²) in [7, 11) is 1.78. The molecule has 0 spiro atoms. The van der Waals surface area contributed by atoms with E-state index >= 15 is 0 Å². The molecule has 1 saturated heterocycles. The molecule has 6 heteroatoms. The Morgan fingerprint density at radius 2 is 1.86 bits per heavy atom. The molecule has 0 aromatic heterocycles. The van der Waals surface area contributed by atoms with Gasteiger partial charge >= 0.3 is 6.92 Å². The van der Waals surface area contributed by atoms with Gasteiger partial charge in [-0.2, -0.15) is 5.26 Å². The molecule has 5 nitrogen and oxygen atoms in total. The van der Waals surface area contributed by atoms with Crippen LogP contribution in [-0.4, -0.2) is 26.9 Å². The molecular weight excluding hydrogens is 365 g/mol. The van der Waals surface area contributed by atoms with Crippen LogP contribution in [0.25, 0.3) is 0 Å². The van der Waals surface area contributed by atoms with E-state index in [0.29, 0.717) is 23.7 Å². The first-order chi connectivity index (χ1) is 14.3. The van der Waals surface area contributed by atoms with Crippen LogP contribution in [0.2, 0.25) is 5.82 Å². The van der Waals surface area contributed by atoms with Crippen molar-refractivity contribution in [3.05, 3.63) is 53.6 Å². The number of rotatable bonds is 8. The maximum atomic E-state index is 8.95. The summed E-state index contributed by atoms with van der Waals surface area (Å²) in [6.45, 7) is 1.32. The first-order valence-corrected chi connectivity index (χ1v) is 10.3. The average molecular weight is 391 g/mol. The van der Waals surface area contributed by atoms with Crippen molar-refractivity contribution in [2.24, 2.45) is 0 Å². The zero-order chi connectivity index (χ0) is 20.1. The minimum absolute atomic E-state index is 0.0878. The Bertz CT molecular complexity index is 854. The molecule has 29 heavy (non-hydrogen) atoms. The predicted octanol–water partition coefficient (Wildman–Crippen LogP) is 4.40. The summed E-state index contributed by atoms with van der Waals surface area (Å²) in [5.41, 5.74) is 2.85. The highest BCUT2D eigenvalue weighted by atomic mass is 16.7. The third-order valence-corrected chi connectivity index (χ3v) is 5.51. The third kappa shape index (κ3) is 5.19. The van der Waals surface area contributed by atoms with Gasteiger partial charge in [0.25, 0.3) is 0 Å². The fourth-order valence-corrected chi connectivity index (χ4v) is 3.78. The van der Waals surface area contributed by atoms with Gasteiger partial charge in [-0.3, -0.25) is 0 Å². The Hall–Kier alpha value is -2.33. The second-order valence-electron chi connectivity index (χ2n) is 7.70. The van der Waals surface area contributed by atoms with Gasteiger partial charge in [-0.15, -0.1) is 0 Å². The third-order valence-electron chi connectivity index (χ3n) is 5.51. The normalized spacial score (nSPS) is 18.8. The fraction of sp³-hybridized carbons (Fsp3) is 0.435. The molecule has 0 amide bonds. The highest BCUT2D eigenvalue weighted by Gasteiger charge is 2.38. The van der Waals surface area contributed by atoms with Gasteiger partial charge in [-0.1, -0.05) is 18.9 Å². The Morgan fingerprint density at radius 3 is 2.52 bits per heavy atom. The van der Waals surface area contributed by atoms with Crippen molar-refractivity contribution in [1.82, 2.24) is 0 Å². The van der Waals surface area contributed by atoms with E-state index in [-0.39, 0.29) is 13.2 Å². The van der Waals surface area contributed by atoms with E-state index in [1.807, 2.05) is 12.1 Å². The molecule has 1 aliphatic heterocycles. The SMILES string of the molecule is COB(c1ccc(Oc2ccc(C#N)cc2)cc1CO[C@@H]1CCCCO1)C1CC1. The molecule has 0 N–H and O–H groups in total. The van der Waals surface area contributed by atoms with Crippen LogP contribution in [0.3, 0.4) is 0 Å². The fourth-order valence-electron chi connectivity index (χ4n) is 3.78. The second kappa shape index (κ2) is 9.45. The van der Waals surface area contributed by atoms with Gasteiger partial charge in [0.1, 0.15) is 11.5 Å². The van der Waals surface area contributed by atoms with Crippen LogP contribution < -0.4 is 10.2 Å². The number of hydrogen-bond donors (Lipinski definition) is 0. The van der Waals surface area contributed by atoms with Gasteiger partial charge in [0.2, 0.25) is 0 Å². The number of hydrogen-bond acceptors (Lipinski definition) is 5. The van der Waals surface area contributed by atoms with Gasteiger partial charge in [0.05, 0.1) is 18.2 Å². The van der Waals surface area contributed by atoms with E-state index in [2.05, 4.69) is 12.1 Å². The Morgan fingerprint density at radius 1 is 1.07 bits per heavy atom. The molecule has 1 aliphatic carbocycles. The van der Waals surface area contributed by atoms with E-state index in [0.717, 1.165) is 42.6 Å². The summed E-state index contributed by atoms with van der Waals surface area (Å²) in [6.07, 6.45) is 5.45. The van der Waals surface area contributed by atoms with Crippen LogP contribution in [0.4, 0.5) is 0 Å². The summed E-state index contributed by atoms with van der Waals surface area (Å²) in [5, 5.41) is 8.95. The van der Waals surface area contributed by atoms with Gasteiger partial charge in [-0.05, 0) is 72.5 Å². The molecule has 2 aromatic carbocycles. The van der Waals surface area contributed by atoms with E-state index in [9.17, 15) is 0 Å². The molecule has 1 atom stereocenters. The first kappa shape index (κ1) is 20.0. The highest BCUT2D eigenvalue weighted by molar-refractivity contribution is 6.70. The van der Waals surface area contributed by atoms with Crippen molar-refractivity contribution in [3.8, 4) is 17.6 Å². The Balaban J connectivity index is 1.53. The molecule has 2 aliphatic rings. The molecule has 2 aromatic rings. The molecule has 4 rings (SSSR count). The standard InChI is InChI=1S/C23H26BNO4/c1-26-24(19-7-8-19)22-12-11-21(29-20-9-5-17(15-25)6-10-20)14-18(22)16-28-23-4-2-3-13-27-23/h5-6,9-12,14,19,23H,2-4,7-8,13,16H2,1H3/t23-/m1/s1. The van der Waals surface area contributed by atoms with Crippen LogP contribution in [0.15, 0.2) is 42.5 Å². The molecule has 150 valence electrons. The molecule has 0 bridgehead atoms.